The highest BCUT2D eigenvalue weighted by Gasteiger charge is 2.16. The summed E-state index contributed by atoms with van der Waals surface area (Å²) in [7, 11) is 2.57. The average molecular weight is 255 g/mol. The fourth-order valence-electron chi connectivity index (χ4n) is 1.27. The van der Waals surface area contributed by atoms with E-state index in [1.54, 1.807) is 6.92 Å². The third-order valence-corrected chi connectivity index (χ3v) is 2.37. The van der Waals surface area contributed by atoms with Crippen LogP contribution < -0.4 is 22.1 Å². The van der Waals surface area contributed by atoms with E-state index in [1.807, 2.05) is 0 Å². The van der Waals surface area contributed by atoms with Crippen molar-refractivity contribution in [2.24, 2.45) is 19.3 Å². The molecule has 0 fully saturated rings. The standard InChI is InChI=1S/C9H13N5O4/c1-4-5(15)10-11-7-6(12-18)8(16)14(3)9(17)13(7)2/h11H,4H2,1-3H3,(H,10,15). The normalized spacial score (nSPS) is 9.94. The van der Waals surface area contributed by atoms with E-state index in [-0.39, 0.29) is 18.1 Å². The van der Waals surface area contributed by atoms with Gasteiger partial charge in [0, 0.05) is 20.5 Å². The Morgan fingerprint density at radius 1 is 1.28 bits per heavy atom. The van der Waals surface area contributed by atoms with Crippen LogP contribution in [0.5, 0.6) is 0 Å². The first kappa shape index (κ1) is 13.6. The lowest BCUT2D eigenvalue weighted by molar-refractivity contribution is -0.120. The van der Waals surface area contributed by atoms with E-state index in [1.165, 1.54) is 14.1 Å². The van der Waals surface area contributed by atoms with Gasteiger partial charge in [-0.25, -0.2) is 4.79 Å². The molecular formula is C9H13N5O4. The van der Waals surface area contributed by atoms with Gasteiger partial charge in [0.1, 0.15) is 0 Å². The lowest BCUT2D eigenvalue weighted by Crippen LogP contribution is -2.40. The zero-order valence-corrected chi connectivity index (χ0v) is 10.2. The molecule has 1 aromatic heterocycles. The van der Waals surface area contributed by atoms with Crippen molar-refractivity contribution < 1.29 is 4.79 Å². The average Bonchev–Trinajstić information content (AvgIpc) is 2.38. The van der Waals surface area contributed by atoms with Gasteiger partial charge in [-0.3, -0.25) is 29.6 Å². The Kier molecular flexibility index (Phi) is 3.97. The van der Waals surface area contributed by atoms with Crippen LogP contribution in [0.3, 0.4) is 0 Å². The van der Waals surface area contributed by atoms with Gasteiger partial charge in [0.2, 0.25) is 11.6 Å². The van der Waals surface area contributed by atoms with Crippen LogP contribution in [0, 0.1) is 4.91 Å². The molecule has 0 saturated carbocycles. The van der Waals surface area contributed by atoms with Crippen molar-refractivity contribution in [3.8, 4) is 0 Å². The van der Waals surface area contributed by atoms with E-state index in [2.05, 4.69) is 16.0 Å². The Labute approximate surface area is 101 Å². The Morgan fingerprint density at radius 2 is 1.89 bits per heavy atom. The third kappa shape index (κ3) is 2.29. The molecule has 1 heterocycles. The number of hydrogen-bond acceptors (Lipinski definition) is 6. The molecule has 0 aliphatic heterocycles. The number of nitroso groups, excluding NO2 is 1. The second kappa shape index (κ2) is 5.25. The largest absolute Gasteiger partial charge is 0.332 e. The van der Waals surface area contributed by atoms with Gasteiger partial charge < -0.3 is 0 Å². The maximum atomic E-state index is 11.6. The first-order valence-corrected chi connectivity index (χ1v) is 5.12. The summed E-state index contributed by atoms with van der Waals surface area (Å²) in [5, 5.41) is 2.58. The monoisotopic (exact) mass is 255 g/mol. The first-order chi connectivity index (χ1) is 8.43. The van der Waals surface area contributed by atoms with Crippen LogP contribution in [0.25, 0.3) is 0 Å². The lowest BCUT2D eigenvalue weighted by Gasteiger charge is -2.13. The number of anilines is 1. The van der Waals surface area contributed by atoms with Crippen molar-refractivity contribution >= 4 is 17.4 Å². The Balaban J connectivity index is 3.34. The zero-order valence-electron chi connectivity index (χ0n) is 10.2. The summed E-state index contributed by atoms with van der Waals surface area (Å²) in [5.74, 6) is -0.514. The predicted molar refractivity (Wildman–Crippen MR) is 64.4 cm³/mol. The highest BCUT2D eigenvalue weighted by atomic mass is 16.3. The summed E-state index contributed by atoms with van der Waals surface area (Å²) in [6.45, 7) is 1.62. The van der Waals surface area contributed by atoms with Crippen molar-refractivity contribution in [3.05, 3.63) is 25.7 Å². The van der Waals surface area contributed by atoms with Crippen molar-refractivity contribution in [2.75, 3.05) is 5.43 Å². The highest BCUT2D eigenvalue weighted by Crippen LogP contribution is 2.15. The van der Waals surface area contributed by atoms with Crippen LogP contribution in [-0.4, -0.2) is 15.0 Å². The third-order valence-electron chi connectivity index (χ3n) is 2.37. The minimum absolute atomic E-state index is 0.153. The van der Waals surface area contributed by atoms with Gasteiger partial charge in [-0.2, -0.15) is 0 Å². The molecule has 0 atom stereocenters. The quantitative estimate of drug-likeness (QED) is 0.547. The van der Waals surface area contributed by atoms with Gasteiger partial charge in [0.25, 0.3) is 5.56 Å². The van der Waals surface area contributed by atoms with E-state index in [0.717, 1.165) is 9.13 Å². The molecule has 0 aliphatic carbocycles. The number of hydrazine groups is 1. The SMILES string of the molecule is CCC(=O)NNc1c(N=O)c(=O)n(C)c(=O)n1C. The lowest BCUT2D eigenvalue weighted by atomic mass is 10.4. The second-order valence-electron chi connectivity index (χ2n) is 3.52. The van der Waals surface area contributed by atoms with Crippen molar-refractivity contribution in [1.82, 2.24) is 14.6 Å². The van der Waals surface area contributed by atoms with Crippen molar-refractivity contribution in [1.29, 1.82) is 0 Å². The number of aromatic nitrogens is 2. The fraction of sp³-hybridized carbons (Fsp3) is 0.444. The molecule has 9 heteroatoms. The molecule has 0 spiro atoms. The smallest absolute Gasteiger partial charge is 0.281 e. The molecule has 9 nitrogen and oxygen atoms in total. The van der Waals surface area contributed by atoms with Crippen molar-refractivity contribution in [3.63, 3.8) is 0 Å². The molecule has 98 valence electrons. The van der Waals surface area contributed by atoms with Crippen LogP contribution in [0.15, 0.2) is 14.8 Å². The Morgan fingerprint density at radius 3 is 2.39 bits per heavy atom. The highest BCUT2D eigenvalue weighted by molar-refractivity contribution is 5.77. The number of carbonyl (C=O) groups excluding carboxylic acids is 1. The summed E-state index contributed by atoms with van der Waals surface area (Å²) in [6, 6.07) is 0. The van der Waals surface area contributed by atoms with Gasteiger partial charge in [-0.15, -0.1) is 4.91 Å². The number of carbonyl (C=O) groups is 1. The van der Waals surface area contributed by atoms with Crippen LogP contribution in [0.2, 0.25) is 0 Å². The molecule has 1 rings (SSSR count). The number of rotatable bonds is 4. The molecule has 0 aliphatic rings. The molecule has 0 aromatic carbocycles. The fourth-order valence-corrected chi connectivity index (χ4v) is 1.27. The minimum atomic E-state index is -0.832. The zero-order chi connectivity index (χ0) is 13.9. The number of hydrogen-bond donors (Lipinski definition) is 2. The molecule has 0 unspecified atom stereocenters. The van der Waals surface area contributed by atoms with E-state index >= 15 is 0 Å². The predicted octanol–water partition coefficient (Wildman–Crippen LogP) is -0.665. The minimum Gasteiger partial charge on any atom is -0.281 e. The van der Waals surface area contributed by atoms with Gasteiger partial charge in [0.05, 0.1) is 0 Å². The molecule has 0 radical (unpaired) electrons. The molecule has 2 N–H and O–H groups in total. The van der Waals surface area contributed by atoms with Crippen LogP contribution in [0.4, 0.5) is 11.5 Å². The van der Waals surface area contributed by atoms with Crippen LogP contribution in [0.1, 0.15) is 13.3 Å². The van der Waals surface area contributed by atoms with E-state index in [4.69, 9.17) is 0 Å². The van der Waals surface area contributed by atoms with E-state index < -0.39 is 16.9 Å². The van der Waals surface area contributed by atoms with Crippen molar-refractivity contribution in [2.45, 2.75) is 13.3 Å². The number of nitrogens with zero attached hydrogens (tertiary/aromatic N) is 3. The van der Waals surface area contributed by atoms with Gasteiger partial charge in [-0.1, -0.05) is 6.92 Å². The number of amides is 1. The summed E-state index contributed by atoms with van der Waals surface area (Å²) in [4.78, 5) is 45.0. The topological polar surface area (TPSA) is 115 Å². The van der Waals surface area contributed by atoms with E-state index in [0.29, 0.717) is 0 Å². The van der Waals surface area contributed by atoms with Gasteiger partial charge in [-0.05, 0) is 5.18 Å². The maximum Gasteiger partial charge on any atom is 0.332 e. The van der Waals surface area contributed by atoms with Crippen LogP contribution >= 0.6 is 0 Å². The molecule has 1 amide bonds. The molecule has 0 bridgehead atoms. The summed E-state index contributed by atoms with van der Waals surface area (Å²) >= 11 is 0. The molecule has 0 saturated heterocycles. The second-order valence-corrected chi connectivity index (χ2v) is 3.52. The Bertz CT molecular complexity index is 600. The first-order valence-electron chi connectivity index (χ1n) is 5.12. The Hall–Kier alpha value is -2.45. The molecule has 1 aromatic rings. The summed E-state index contributed by atoms with van der Waals surface area (Å²) in [6.07, 6.45) is 0.204. The van der Waals surface area contributed by atoms with E-state index in [9.17, 15) is 19.3 Å². The summed E-state index contributed by atoms with van der Waals surface area (Å²) < 4.78 is 1.76. The van der Waals surface area contributed by atoms with Gasteiger partial charge in [0.15, 0.2) is 5.82 Å². The van der Waals surface area contributed by atoms with Gasteiger partial charge >= 0.3 is 5.69 Å². The summed E-state index contributed by atoms with van der Waals surface area (Å²) in [5.41, 5.74) is 2.64. The van der Waals surface area contributed by atoms with Crippen LogP contribution in [-0.2, 0) is 18.9 Å². The molecule has 18 heavy (non-hydrogen) atoms. The maximum absolute atomic E-state index is 11.6. The number of nitrogens with one attached hydrogen (secondary N) is 2. The molecular weight excluding hydrogens is 242 g/mol.